The molecule has 1 aliphatic rings. The number of nitrogens with zero attached hydrogens (tertiary/aromatic N) is 2. The Morgan fingerprint density at radius 1 is 1.33 bits per heavy atom. The number of sulfone groups is 1. The smallest absolute Gasteiger partial charge is 0.228 e. The summed E-state index contributed by atoms with van der Waals surface area (Å²) in [6, 6.07) is 3.68. The van der Waals surface area contributed by atoms with Crippen LogP contribution >= 0.6 is 0 Å². The van der Waals surface area contributed by atoms with Crippen molar-refractivity contribution in [2.75, 3.05) is 28.3 Å². The van der Waals surface area contributed by atoms with E-state index in [4.69, 9.17) is 0 Å². The molecule has 2 heterocycles. The van der Waals surface area contributed by atoms with Gasteiger partial charge in [0.15, 0.2) is 9.84 Å². The zero-order valence-corrected chi connectivity index (χ0v) is 15.5. The highest BCUT2D eigenvalue weighted by molar-refractivity contribution is 7.91. The highest BCUT2D eigenvalue weighted by Crippen LogP contribution is 2.24. The number of anilines is 2. The van der Waals surface area contributed by atoms with Gasteiger partial charge in [0, 0.05) is 18.5 Å². The highest BCUT2D eigenvalue weighted by Gasteiger charge is 2.31. The van der Waals surface area contributed by atoms with Crippen molar-refractivity contribution in [3.05, 3.63) is 18.3 Å². The van der Waals surface area contributed by atoms with Crippen LogP contribution in [-0.2, 0) is 14.6 Å². The van der Waals surface area contributed by atoms with Gasteiger partial charge in [-0.2, -0.15) is 0 Å². The third kappa shape index (κ3) is 4.47. The number of carbonyl (C=O) groups excluding carboxylic acids is 1. The van der Waals surface area contributed by atoms with Crippen LogP contribution in [0.15, 0.2) is 18.3 Å². The average molecular weight is 353 g/mol. The van der Waals surface area contributed by atoms with Gasteiger partial charge < -0.3 is 10.2 Å². The molecule has 1 aromatic rings. The number of hydrogen-bond acceptors (Lipinski definition) is 5. The van der Waals surface area contributed by atoms with Gasteiger partial charge in [0.05, 0.1) is 23.4 Å². The maximum atomic E-state index is 12.1. The number of aromatic nitrogens is 1. The van der Waals surface area contributed by atoms with E-state index in [0.29, 0.717) is 12.2 Å². The molecule has 2 rings (SSSR count). The van der Waals surface area contributed by atoms with Crippen molar-refractivity contribution in [2.45, 2.75) is 46.1 Å². The Bertz CT molecular complexity index is 654. The van der Waals surface area contributed by atoms with E-state index in [2.05, 4.69) is 15.2 Å². The summed E-state index contributed by atoms with van der Waals surface area (Å²) in [6.07, 6.45) is 3.97. The van der Waals surface area contributed by atoms with Crippen LogP contribution < -0.4 is 10.2 Å². The predicted octanol–water partition coefficient (Wildman–Crippen LogP) is 2.47. The van der Waals surface area contributed by atoms with Crippen molar-refractivity contribution in [3.63, 3.8) is 0 Å². The Labute approximate surface area is 144 Å². The van der Waals surface area contributed by atoms with Crippen molar-refractivity contribution >= 4 is 27.2 Å². The quantitative estimate of drug-likeness (QED) is 0.814. The summed E-state index contributed by atoms with van der Waals surface area (Å²) in [6.45, 7) is 6.73. The summed E-state index contributed by atoms with van der Waals surface area (Å²) >= 11 is 0. The first-order valence-corrected chi connectivity index (χ1v) is 10.5. The van der Waals surface area contributed by atoms with Crippen molar-refractivity contribution in [3.8, 4) is 0 Å². The Morgan fingerprint density at radius 3 is 2.50 bits per heavy atom. The molecule has 0 bridgehead atoms. The number of rotatable bonds is 7. The molecule has 134 valence electrons. The van der Waals surface area contributed by atoms with E-state index in [1.54, 1.807) is 12.3 Å². The van der Waals surface area contributed by atoms with E-state index in [9.17, 15) is 13.2 Å². The van der Waals surface area contributed by atoms with Crippen molar-refractivity contribution in [2.24, 2.45) is 5.92 Å². The molecule has 1 saturated heterocycles. The molecular formula is C17H27N3O3S. The molecule has 0 radical (unpaired) electrons. The van der Waals surface area contributed by atoms with Crippen LogP contribution in [0.1, 0.15) is 40.0 Å². The SMILES string of the molecule is CCC(CC)C(=O)Nc1ccc(N(CC)C2CCS(=O)(=O)C2)cn1. The molecule has 0 aromatic carbocycles. The third-order valence-corrected chi connectivity index (χ3v) is 6.43. The van der Waals surface area contributed by atoms with E-state index in [-0.39, 0.29) is 29.4 Å². The Kier molecular flexibility index (Phi) is 6.21. The molecule has 1 aliphatic heterocycles. The van der Waals surface area contributed by atoms with Crippen LogP contribution in [0.5, 0.6) is 0 Å². The molecular weight excluding hydrogens is 326 g/mol. The summed E-state index contributed by atoms with van der Waals surface area (Å²) in [5, 5.41) is 2.85. The molecule has 1 atom stereocenters. The predicted molar refractivity (Wildman–Crippen MR) is 97.0 cm³/mol. The molecule has 1 unspecified atom stereocenters. The molecule has 1 aromatic heterocycles. The normalized spacial score (nSPS) is 19.4. The monoisotopic (exact) mass is 353 g/mol. The van der Waals surface area contributed by atoms with Crippen LogP contribution in [0, 0.1) is 5.92 Å². The Morgan fingerprint density at radius 2 is 2.04 bits per heavy atom. The van der Waals surface area contributed by atoms with Crippen molar-refractivity contribution in [1.82, 2.24) is 4.98 Å². The van der Waals surface area contributed by atoms with E-state index < -0.39 is 9.84 Å². The largest absolute Gasteiger partial charge is 0.367 e. The standard InChI is InChI=1S/C17H27N3O3S/c1-4-13(5-2)17(21)19-16-8-7-14(11-18-16)20(6-3)15-9-10-24(22,23)12-15/h7-8,11,13,15H,4-6,9-10,12H2,1-3H3,(H,18,19,21). The fourth-order valence-corrected chi connectivity index (χ4v) is 4.92. The zero-order chi connectivity index (χ0) is 17.7. The first-order valence-electron chi connectivity index (χ1n) is 8.64. The second kappa shape index (κ2) is 7.96. The van der Waals surface area contributed by atoms with Gasteiger partial charge in [0.1, 0.15) is 5.82 Å². The second-order valence-electron chi connectivity index (χ2n) is 6.25. The number of hydrogen-bond donors (Lipinski definition) is 1. The molecule has 0 spiro atoms. The molecule has 1 N–H and O–H groups in total. The van der Waals surface area contributed by atoms with Crippen molar-refractivity contribution < 1.29 is 13.2 Å². The third-order valence-electron chi connectivity index (χ3n) is 4.68. The lowest BCUT2D eigenvalue weighted by atomic mass is 10.0. The van der Waals surface area contributed by atoms with Gasteiger partial charge in [0.2, 0.25) is 5.91 Å². The van der Waals surface area contributed by atoms with Gasteiger partial charge in [-0.05, 0) is 38.3 Å². The second-order valence-corrected chi connectivity index (χ2v) is 8.48. The number of pyridine rings is 1. The fourth-order valence-electron chi connectivity index (χ4n) is 3.19. The minimum Gasteiger partial charge on any atom is -0.367 e. The van der Waals surface area contributed by atoms with E-state index in [1.807, 2.05) is 26.8 Å². The molecule has 1 amide bonds. The summed E-state index contributed by atoms with van der Waals surface area (Å²) in [7, 11) is -2.92. The van der Waals surface area contributed by atoms with Gasteiger partial charge in [-0.25, -0.2) is 13.4 Å². The van der Waals surface area contributed by atoms with Crippen molar-refractivity contribution in [1.29, 1.82) is 0 Å². The molecule has 7 heteroatoms. The lowest BCUT2D eigenvalue weighted by Crippen LogP contribution is -2.36. The first kappa shape index (κ1) is 18.7. The molecule has 0 saturated carbocycles. The van der Waals surface area contributed by atoms with Gasteiger partial charge in [-0.15, -0.1) is 0 Å². The molecule has 6 nitrogen and oxygen atoms in total. The van der Waals surface area contributed by atoms with Crippen LogP contribution in [0.3, 0.4) is 0 Å². The van der Waals surface area contributed by atoms with Gasteiger partial charge in [0.25, 0.3) is 0 Å². The maximum absolute atomic E-state index is 12.1. The molecule has 0 aliphatic carbocycles. The zero-order valence-electron chi connectivity index (χ0n) is 14.7. The Balaban J connectivity index is 2.06. The Hall–Kier alpha value is -1.63. The number of carbonyl (C=O) groups is 1. The minimum atomic E-state index is -2.92. The lowest BCUT2D eigenvalue weighted by molar-refractivity contribution is -0.120. The van der Waals surface area contributed by atoms with E-state index >= 15 is 0 Å². The number of nitrogens with one attached hydrogen (secondary N) is 1. The lowest BCUT2D eigenvalue weighted by Gasteiger charge is -2.28. The highest BCUT2D eigenvalue weighted by atomic mass is 32.2. The first-order chi connectivity index (χ1) is 11.4. The molecule has 1 fully saturated rings. The van der Waals surface area contributed by atoms with Gasteiger partial charge in [-0.1, -0.05) is 13.8 Å². The summed E-state index contributed by atoms with van der Waals surface area (Å²) in [4.78, 5) is 18.5. The molecule has 24 heavy (non-hydrogen) atoms. The summed E-state index contributed by atoms with van der Waals surface area (Å²) in [5.74, 6) is 0.988. The average Bonchev–Trinajstić information content (AvgIpc) is 2.91. The van der Waals surface area contributed by atoms with Gasteiger partial charge in [-0.3, -0.25) is 4.79 Å². The van der Waals surface area contributed by atoms with E-state index in [1.165, 1.54) is 0 Å². The van der Waals surface area contributed by atoms with Crippen LogP contribution in [0.2, 0.25) is 0 Å². The van der Waals surface area contributed by atoms with E-state index in [0.717, 1.165) is 25.1 Å². The van der Waals surface area contributed by atoms with Crippen LogP contribution in [0.25, 0.3) is 0 Å². The fraction of sp³-hybridized carbons (Fsp3) is 0.647. The maximum Gasteiger partial charge on any atom is 0.228 e. The topological polar surface area (TPSA) is 79.4 Å². The van der Waals surface area contributed by atoms with Crippen LogP contribution in [0.4, 0.5) is 11.5 Å². The van der Waals surface area contributed by atoms with Crippen LogP contribution in [-0.4, -0.2) is 43.4 Å². The summed E-state index contributed by atoms with van der Waals surface area (Å²) < 4.78 is 23.4. The van der Waals surface area contributed by atoms with Gasteiger partial charge >= 0.3 is 0 Å². The number of amides is 1. The summed E-state index contributed by atoms with van der Waals surface area (Å²) in [5.41, 5.74) is 0.889. The minimum absolute atomic E-state index is 0.00214.